The third-order valence-corrected chi connectivity index (χ3v) is 3.80. The van der Waals surface area contributed by atoms with E-state index in [-0.39, 0.29) is 17.5 Å². The molecule has 0 aliphatic rings. The van der Waals surface area contributed by atoms with Crippen molar-refractivity contribution in [3.8, 4) is 0 Å². The molecule has 2 aromatic rings. The summed E-state index contributed by atoms with van der Waals surface area (Å²) in [4.78, 5) is 11.5. The van der Waals surface area contributed by atoms with Gasteiger partial charge in [0.1, 0.15) is 11.7 Å². The van der Waals surface area contributed by atoms with Gasteiger partial charge in [-0.15, -0.1) is 5.10 Å². The number of aryl methyl sites for hydroxylation is 1. The normalized spacial score (nSPS) is 14.4. The van der Waals surface area contributed by atoms with E-state index in [0.717, 1.165) is 6.07 Å². The van der Waals surface area contributed by atoms with Crippen molar-refractivity contribution in [3.05, 3.63) is 60.2 Å². The van der Waals surface area contributed by atoms with Crippen molar-refractivity contribution >= 4 is 11.5 Å². The zero-order valence-electron chi connectivity index (χ0n) is 14.5. The minimum absolute atomic E-state index is 0. The highest BCUT2D eigenvalue weighted by Crippen LogP contribution is 2.26. The van der Waals surface area contributed by atoms with Crippen molar-refractivity contribution in [2.75, 3.05) is 0 Å². The van der Waals surface area contributed by atoms with Crippen molar-refractivity contribution in [1.29, 1.82) is 0 Å². The summed E-state index contributed by atoms with van der Waals surface area (Å²) < 4.78 is 15.3. The fourth-order valence-electron chi connectivity index (χ4n) is 2.50. The van der Waals surface area contributed by atoms with Gasteiger partial charge in [-0.2, -0.15) is 0 Å². The van der Waals surface area contributed by atoms with E-state index in [1.165, 1.54) is 35.0 Å². The molecule has 1 aromatic heterocycles. The first-order valence-corrected chi connectivity index (χ1v) is 7.74. The summed E-state index contributed by atoms with van der Waals surface area (Å²) in [6.07, 6.45) is -0.167. The van der Waals surface area contributed by atoms with E-state index >= 15 is 0 Å². The van der Waals surface area contributed by atoms with E-state index in [2.05, 4.69) is 22.1 Å². The van der Waals surface area contributed by atoms with Crippen LogP contribution in [-0.4, -0.2) is 59.2 Å². The molecule has 3 unspecified atom stereocenters. The summed E-state index contributed by atoms with van der Waals surface area (Å²) in [5.41, 5.74) is 0.285. The number of halogens is 1. The lowest BCUT2D eigenvalue weighted by atomic mass is 9.89. The molecule has 3 atom stereocenters. The molecule has 0 aliphatic heterocycles. The van der Waals surface area contributed by atoms with Gasteiger partial charge in [-0.3, -0.25) is 4.79 Å². The van der Waals surface area contributed by atoms with Gasteiger partial charge in [-0.05, 0) is 16.5 Å². The van der Waals surface area contributed by atoms with Crippen LogP contribution in [0.2, 0.25) is 0 Å². The predicted octanol–water partition coefficient (Wildman–Crippen LogP) is 0.0742. The molecule has 0 saturated carbocycles. The summed E-state index contributed by atoms with van der Waals surface area (Å²) in [5.74, 6) is -3.21. The zero-order valence-corrected chi connectivity index (χ0v) is 14.5. The number of rotatable bonds is 8. The van der Waals surface area contributed by atoms with Crippen molar-refractivity contribution in [3.63, 3.8) is 0 Å². The Hall–Kier alpha value is -2.95. The second-order valence-electron chi connectivity index (χ2n) is 5.72. The van der Waals surface area contributed by atoms with E-state index in [1.807, 2.05) is 0 Å². The highest BCUT2D eigenvalue weighted by Gasteiger charge is 2.31. The van der Waals surface area contributed by atoms with Crippen LogP contribution in [0.3, 0.4) is 0 Å². The van der Waals surface area contributed by atoms with Gasteiger partial charge in [0.2, 0.25) is 0 Å². The van der Waals surface area contributed by atoms with Crippen molar-refractivity contribution in [2.45, 2.75) is 24.5 Å². The Labute approximate surface area is 154 Å². The average Bonchev–Trinajstić information content (AvgIpc) is 3.00. The molecule has 0 saturated heterocycles. The second-order valence-corrected chi connectivity index (χ2v) is 5.72. The van der Waals surface area contributed by atoms with Crippen LogP contribution in [-0.2, 0) is 11.8 Å². The number of aromatic nitrogens is 4. The van der Waals surface area contributed by atoms with Crippen molar-refractivity contribution < 1.29 is 30.0 Å². The van der Waals surface area contributed by atoms with E-state index in [4.69, 9.17) is 0 Å². The van der Waals surface area contributed by atoms with E-state index < -0.39 is 29.9 Å². The van der Waals surface area contributed by atoms with Crippen LogP contribution in [0.15, 0.2) is 43.0 Å². The standard InChI is InChI=1S/C17H19FN4O4.H2O/c1-10(16-19-20-21-22(16)2)7-8-11(23)9-14(24)15(17(25)26)12-5-3-4-6-13(12)18;/h3-8,11,14-15,23-24H,1,9H2,2H3,(H,25,26);1H2. The lowest BCUT2D eigenvalue weighted by Crippen LogP contribution is -2.30. The minimum atomic E-state index is -1.50. The molecule has 10 heteroatoms. The molecule has 0 amide bonds. The number of carboxylic acid groups (broad SMARTS) is 1. The number of carbonyl (C=O) groups is 1. The Balaban J connectivity index is 0.00000364. The molecule has 146 valence electrons. The van der Waals surface area contributed by atoms with Gasteiger partial charge in [0.15, 0.2) is 5.82 Å². The van der Waals surface area contributed by atoms with Gasteiger partial charge < -0.3 is 20.8 Å². The van der Waals surface area contributed by atoms with Crippen LogP contribution < -0.4 is 0 Å². The molecule has 1 aromatic carbocycles. The SMILES string of the molecule is C=C(C=CC(O)CC(O)C(C(=O)O)c1ccccc1F)c1nnnn1C.O. The lowest BCUT2D eigenvalue weighted by Gasteiger charge is -2.21. The number of benzene rings is 1. The molecule has 27 heavy (non-hydrogen) atoms. The Morgan fingerprint density at radius 3 is 2.59 bits per heavy atom. The third kappa shape index (κ3) is 5.51. The summed E-state index contributed by atoms with van der Waals surface area (Å²) in [6.45, 7) is 3.76. The van der Waals surface area contributed by atoms with Crippen molar-refractivity contribution in [1.82, 2.24) is 20.2 Å². The number of hydrogen-bond acceptors (Lipinski definition) is 6. The maximum absolute atomic E-state index is 13.9. The van der Waals surface area contributed by atoms with Crippen molar-refractivity contribution in [2.24, 2.45) is 7.05 Å². The summed E-state index contributed by atoms with van der Waals surface area (Å²) >= 11 is 0. The monoisotopic (exact) mass is 380 g/mol. The van der Waals surface area contributed by atoms with Gasteiger partial charge in [-0.25, -0.2) is 9.07 Å². The Morgan fingerprint density at radius 2 is 2.04 bits per heavy atom. The zero-order chi connectivity index (χ0) is 19.3. The molecule has 9 nitrogen and oxygen atoms in total. The van der Waals surface area contributed by atoms with Crippen LogP contribution in [0, 0.1) is 5.82 Å². The molecule has 1 heterocycles. The Kier molecular flexibility index (Phi) is 7.91. The molecular weight excluding hydrogens is 359 g/mol. The highest BCUT2D eigenvalue weighted by atomic mass is 19.1. The fraction of sp³-hybridized carbons (Fsp3) is 0.294. The highest BCUT2D eigenvalue weighted by molar-refractivity contribution is 5.77. The maximum Gasteiger partial charge on any atom is 0.313 e. The predicted molar refractivity (Wildman–Crippen MR) is 94.0 cm³/mol. The maximum atomic E-state index is 13.9. The summed E-state index contributed by atoms with van der Waals surface area (Å²) in [6, 6.07) is 5.32. The second kappa shape index (κ2) is 9.67. The molecule has 0 radical (unpaired) electrons. The fourth-order valence-corrected chi connectivity index (χ4v) is 2.50. The molecular formula is C17H21FN4O5. The molecule has 2 rings (SSSR count). The minimum Gasteiger partial charge on any atom is -0.481 e. The molecule has 0 bridgehead atoms. The number of aliphatic carboxylic acids is 1. The molecule has 0 aliphatic carbocycles. The van der Waals surface area contributed by atoms with Crippen LogP contribution in [0.1, 0.15) is 23.7 Å². The van der Waals surface area contributed by atoms with E-state index in [0.29, 0.717) is 11.4 Å². The van der Waals surface area contributed by atoms with Gasteiger partial charge >= 0.3 is 5.97 Å². The summed E-state index contributed by atoms with van der Waals surface area (Å²) in [5, 5.41) is 40.5. The topological polar surface area (TPSA) is 153 Å². The number of nitrogens with zero attached hydrogens (tertiary/aromatic N) is 4. The van der Waals surface area contributed by atoms with Crippen LogP contribution in [0.25, 0.3) is 5.57 Å². The molecule has 0 spiro atoms. The van der Waals surface area contributed by atoms with Crippen LogP contribution in [0.4, 0.5) is 4.39 Å². The number of carboxylic acids is 1. The van der Waals surface area contributed by atoms with E-state index in [1.54, 1.807) is 7.05 Å². The number of aliphatic hydroxyl groups excluding tert-OH is 2. The van der Waals surface area contributed by atoms with Gasteiger partial charge in [0, 0.05) is 24.6 Å². The smallest absolute Gasteiger partial charge is 0.313 e. The van der Waals surface area contributed by atoms with Gasteiger partial charge in [-0.1, -0.05) is 36.9 Å². The van der Waals surface area contributed by atoms with Gasteiger partial charge in [0.25, 0.3) is 0 Å². The van der Waals surface area contributed by atoms with Gasteiger partial charge in [0.05, 0.1) is 12.2 Å². The molecule has 0 fully saturated rings. The first kappa shape index (κ1) is 22.1. The number of tetrazole rings is 1. The third-order valence-electron chi connectivity index (χ3n) is 3.80. The number of allylic oxidation sites excluding steroid dienone is 2. The van der Waals surface area contributed by atoms with Crippen LogP contribution >= 0.6 is 0 Å². The summed E-state index contributed by atoms with van der Waals surface area (Å²) in [7, 11) is 1.63. The van der Waals surface area contributed by atoms with Crippen LogP contribution in [0.5, 0.6) is 0 Å². The first-order valence-electron chi connectivity index (χ1n) is 7.74. The number of hydrogen-bond donors (Lipinski definition) is 3. The largest absolute Gasteiger partial charge is 0.481 e. The Bertz CT molecular complexity index is 823. The Morgan fingerprint density at radius 1 is 1.37 bits per heavy atom. The average molecular weight is 380 g/mol. The first-order chi connectivity index (χ1) is 12.3. The van der Waals surface area contributed by atoms with E-state index in [9.17, 15) is 24.5 Å². The number of aliphatic hydroxyl groups is 2. The quantitative estimate of drug-likeness (QED) is 0.548. The lowest BCUT2D eigenvalue weighted by molar-refractivity contribution is -0.142. The molecule has 5 N–H and O–H groups in total.